The Balaban J connectivity index is -0.000000545. The predicted octanol–water partition coefficient (Wildman–Crippen LogP) is 15.4. The maximum absolute atomic E-state index is 12.3. The van der Waals surface area contributed by atoms with E-state index in [2.05, 4.69) is 34.6 Å². The fraction of sp³-hybridized carbons (Fsp3) is 0.900. The van der Waals surface area contributed by atoms with E-state index in [1.807, 2.05) is 0 Å². The fourth-order valence-corrected chi connectivity index (χ4v) is 6.72. The molecule has 0 atom stereocenters. The number of rotatable bonds is 43. The van der Waals surface area contributed by atoms with Crippen LogP contribution in [0.5, 0.6) is 0 Å². The summed E-state index contributed by atoms with van der Waals surface area (Å²) in [6.07, 6.45) is 40.9. The van der Waals surface area contributed by atoms with E-state index in [4.69, 9.17) is 24.2 Å². The van der Waals surface area contributed by atoms with Crippen LogP contribution >= 0.6 is 0 Å². The van der Waals surface area contributed by atoms with E-state index >= 15 is 0 Å². The van der Waals surface area contributed by atoms with E-state index in [9.17, 15) is 24.0 Å². The van der Waals surface area contributed by atoms with E-state index in [-0.39, 0.29) is 36.0 Å². The summed E-state index contributed by atoms with van der Waals surface area (Å²) >= 11 is 0. The Morgan fingerprint density at radius 1 is 0.290 bits per heavy atom. The first-order chi connectivity index (χ1) is 29.6. The summed E-state index contributed by atoms with van der Waals surface area (Å²) < 4.78 is 15.8. The second-order valence-electron chi connectivity index (χ2n) is 16.9. The molecule has 0 rings (SSSR count). The van der Waals surface area contributed by atoms with Crippen molar-refractivity contribution in [3.05, 3.63) is 0 Å². The quantitative estimate of drug-likeness (QED) is 0.0446. The smallest absolute Gasteiger partial charge is 0.481 e. The van der Waals surface area contributed by atoms with Crippen molar-refractivity contribution in [3.63, 3.8) is 0 Å². The Bertz CT molecular complexity index is 879. The zero-order chi connectivity index (χ0) is 45.9. The first-order valence-corrected chi connectivity index (χ1v) is 25.6. The van der Waals surface area contributed by atoms with Crippen LogP contribution in [0.1, 0.15) is 291 Å². The fourth-order valence-electron chi connectivity index (χ4n) is 6.72. The number of carbonyl (C=O) groups excluding carboxylic acids is 3. The molecule has 12 heteroatoms. The summed E-state index contributed by atoms with van der Waals surface area (Å²) in [7, 11) is -1.58. The van der Waals surface area contributed by atoms with Crippen molar-refractivity contribution in [2.24, 2.45) is 0 Å². The van der Waals surface area contributed by atoms with Gasteiger partial charge in [0.05, 0.1) is 0 Å². The molecule has 0 aromatic carbocycles. The molecule has 1 radical (unpaired) electrons. The van der Waals surface area contributed by atoms with Gasteiger partial charge in [0.1, 0.15) is 0 Å². The van der Waals surface area contributed by atoms with Gasteiger partial charge in [-0.3, -0.25) is 24.0 Å². The maximum atomic E-state index is 12.3. The third-order valence-electron chi connectivity index (χ3n) is 10.6. The van der Waals surface area contributed by atoms with Gasteiger partial charge in [-0.15, -0.1) is 0 Å². The molecule has 10 nitrogen and oxygen atoms in total. The molecule has 0 aromatic heterocycles. The molecule has 0 fully saturated rings. The van der Waals surface area contributed by atoms with Crippen molar-refractivity contribution >= 4 is 37.2 Å². The van der Waals surface area contributed by atoms with Gasteiger partial charge < -0.3 is 24.2 Å². The minimum absolute atomic E-state index is 0. The molecule has 0 bridgehead atoms. The second-order valence-corrected chi connectivity index (χ2v) is 16.9. The Morgan fingerprint density at radius 3 is 0.629 bits per heavy atom. The van der Waals surface area contributed by atoms with Crippen molar-refractivity contribution in [1.29, 1.82) is 0 Å². The van der Waals surface area contributed by atoms with Crippen LogP contribution in [-0.4, -0.2) is 47.4 Å². The largest absolute Gasteiger partial charge is 0.870 e. The van der Waals surface area contributed by atoms with Crippen LogP contribution in [0.15, 0.2) is 0 Å². The molecule has 0 amide bonds. The van der Waals surface area contributed by atoms with Gasteiger partial charge in [-0.25, -0.2) is 0 Å². The van der Waals surface area contributed by atoms with Crippen LogP contribution in [0.4, 0.5) is 0 Å². The molecule has 0 aromatic rings. The second kappa shape index (κ2) is 56.9. The average Bonchev–Trinajstić information content (AvgIpc) is 3.22. The monoisotopic (exact) mass is 928 g/mol. The molecule has 2 N–H and O–H groups in total. The Hall–Kier alpha value is -2.08. The van der Waals surface area contributed by atoms with E-state index in [0.717, 1.165) is 83.5 Å². The molecular formula is C50H97BCoO10. The van der Waals surface area contributed by atoms with Crippen LogP contribution in [0.3, 0.4) is 0 Å². The van der Waals surface area contributed by atoms with Crippen molar-refractivity contribution < 1.29 is 64.9 Å². The molecule has 0 spiro atoms. The Labute approximate surface area is 392 Å². The maximum Gasteiger partial charge on any atom is 0.870 e. The average molecular weight is 928 g/mol. The summed E-state index contributed by atoms with van der Waals surface area (Å²) in [4.78, 5) is 57.2. The van der Waals surface area contributed by atoms with Crippen molar-refractivity contribution in [1.82, 2.24) is 0 Å². The van der Waals surface area contributed by atoms with Crippen molar-refractivity contribution in [2.45, 2.75) is 291 Å². The number of carboxylic acids is 2. The summed E-state index contributed by atoms with van der Waals surface area (Å²) in [5.41, 5.74) is 0. The molecular weight excluding hydrogens is 830 g/mol. The van der Waals surface area contributed by atoms with E-state index in [1.54, 1.807) is 0 Å². The van der Waals surface area contributed by atoms with Gasteiger partial charge in [-0.2, -0.15) is 0 Å². The van der Waals surface area contributed by atoms with E-state index in [1.165, 1.54) is 141 Å². The van der Waals surface area contributed by atoms with Gasteiger partial charge in [0.2, 0.25) is 0 Å². The minimum Gasteiger partial charge on any atom is -0.481 e. The third kappa shape index (κ3) is 62.2. The van der Waals surface area contributed by atoms with Crippen LogP contribution in [0.2, 0.25) is 0 Å². The molecule has 0 aliphatic rings. The number of hydrogen-bond donors (Lipinski definition) is 2. The molecule has 369 valence electrons. The summed E-state index contributed by atoms with van der Waals surface area (Å²) in [5.74, 6) is -2.81. The zero-order valence-electron chi connectivity index (χ0n) is 40.9. The molecule has 0 aliphatic carbocycles. The van der Waals surface area contributed by atoms with Gasteiger partial charge in [0.25, 0.3) is 17.9 Å². The van der Waals surface area contributed by atoms with Gasteiger partial charge in [-0.1, -0.05) is 227 Å². The van der Waals surface area contributed by atoms with Crippen LogP contribution < -0.4 is 0 Å². The van der Waals surface area contributed by atoms with Gasteiger partial charge >= 0.3 is 19.3 Å². The van der Waals surface area contributed by atoms with Crippen LogP contribution in [0.25, 0.3) is 0 Å². The molecule has 0 saturated carbocycles. The SMILES string of the molecule is CCCCCCCCCC(=O)O.CCCCCCCCCC(=O)O.CCCCCCCCCC(=O)OB(OC(=O)CCCCCCCCC)OC(=O)CCCCCCCCC.[Co]. The number of carbonyl (C=O) groups is 5. The minimum atomic E-state index is -1.58. The first kappa shape index (κ1) is 66.5. The molecule has 62 heavy (non-hydrogen) atoms. The van der Waals surface area contributed by atoms with Crippen molar-refractivity contribution in [3.8, 4) is 0 Å². The Morgan fingerprint density at radius 2 is 0.452 bits per heavy atom. The molecule has 0 aliphatic heterocycles. The van der Waals surface area contributed by atoms with Gasteiger partial charge in [0, 0.05) is 48.9 Å². The van der Waals surface area contributed by atoms with Gasteiger partial charge in [-0.05, 0) is 32.1 Å². The predicted molar refractivity (Wildman–Crippen MR) is 252 cm³/mol. The molecule has 0 heterocycles. The number of aliphatic carboxylic acids is 2. The molecule has 0 saturated heterocycles. The standard InChI is InChI=1S/C30H57BO6.2C10H20O2.Co/c1-4-7-10-13-16-19-22-25-28(32)35-31(36-29(33)26-23-20-17-14-11-8-5-2)37-30(34)27-24-21-18-15-12-9-6-3;2*1-2-3-4-5-6-7-8-9-10(11)12;/h4-27H2,1-3H3;2*2-9H2,1H3,(H,11,12);. The normalized spacial score (nSPS) is 10.3. The van der Waals surface area contributed by atoms with Crippen molar-refractivity contribution in [2.75, 3.05) is 0 Å². The topological polar surface area (TPSA) is 153 Å². The third-order valence-corrected chi connectivity index (χ3v) is 10.6. The summed E-state index contributed by atoms with van der Waals surface area (Å²) in [6.45, 7) is 11.0. The summed E-state index contributed by atoms with van der Waals surface area (Å²) in [6, 6.07) is 0. The Kier molecular flexibility index (Phi) is 61.1. The molecule has 0 unspecified atom stereocenters. The van der Waals surface area contributed by atoms with E-state index < -0.39 is 37.2 Å². The first-order valence-electron chi connectivity index (χ1n) is 25.6. The summed E-state index contributed by atoms with van der Waals surface area (Å²) in [5, 5.41) is 16.7. The number of hydrogen-bond acceptors (Lipinski definition) is 8. The van der Waals surface area contributed by atoms with Crippen LogP contribution in [-0.2, 0) is 54.7 Å². The number of carboxylic acid groups (broad SMARTS) is 2. The van der Waals surface area contributed by atoms with Crippen LogP contribution in [0, 0.1) is 0 Å². The number of unbranched alkanes of at least 4 members (excludes halogenated alkanes) is 30. The van der Waals surface area contributed by atoms with E-state index in [0.29, 0.717) is 12.8 Å². The van der Waals surface area contributed by atoms with Gasteiger partial charge in [0.15, 0.2) is 0 Å². The zero-order valence-corrected chi connectivity index (χ0v) is 41.9.